The van der Waals surface area contributed by atoms with Gasteiger partial charge in [0.25, 0.3) is 0 Å². The molecule has 1 aromatic carbocycles. The third kappa shape index (κ3) is 5.25. The lowest BCUT2D eigenvalue weighted by Gasteiger charge is -2.31. The fourth-order valence-corrected chi connectivity index (χ4v) is 6.01. The molecule has 3 atom stereocenters. The van der Waals surface area contributed by atoms with E-state index < -0.39 is 17.7 Å². The quantitative estimate of drug-likeness (QED) is 0.194. The number of aryl methyl sites for hydroxylation is 1. The molecule has 1 saturated carbocycles. The molecule has 3 heterocycles. The molecule has 0 saturated heterocycles. The van der Waals surface area contributed by atoms with Crippen molar-refractivity contribution in [2.45, 2.75) is 38.0 Å². The zero-order valence-electron chi connectivity index (χ0n) is 21.0. The van der Waals surface area contributed by atoms with Crippen LogP contribution in [-0.4, -0.2) is 67.3 Å². The van der Waals surface area contributed by atoms with Gasteiger partial charge in [-0.3, -0.25) is 4.98 Å². The first-order valence-electron chi connectivity index (χ1n) is 12.3. The van der Waals surface area contributed by atoms with Crippen molar-refractivity contribution in [2.24, 2.45) is 5.92 Å². The molecule has 0 amide bonds. The Morgan fingerprint density at radius 2 is 2.08 bits per heavy atom. The molecule has 1 fully saturated rings. The molecule has 10 nitrogen and oxygen atoms in total. The number of nitrogens with zero attached hydrogens (tertiary/aromatic N) is 4. The van der Waals surface area contributed by atoms with E-state index >= 15 is 0 Å². The number of aromatic nitrogens is 4. The summed E-state index contributed by atoms with van der Waals surface area (Å²) in [4.78, 5) is 18.2. The summed E-state index contributed by atoms with van der Waals surface area (Å²) in [5.41, 5.74) is 1.40. The predicted octanol–water partition coefficient (Wildman–Crippen LogP) is 3.64. The van der Waals surface area contributed by atoms with Crippen molar-refractivity contribution in [3.63, 3.8) is 0 Å². The van der Waals surface area contributed by atoms with Crippen molar-refractivity contribution in [2.75, 3.05) is 30.9 Å². The zero-order valence-corrected chi connectivity index (χ0v) is 22.6. The number of rotatable bonds is 9. The van der Waals surface area contributed by atoms with Gasteiger partial charge in [0.05, 0.1) is 34.3 Å². The number of aliphatic hydroxyl groups is 3. The lowest BCUT2D eigenvalue weighted by Crippen LogP contribution is -2.48. The molecule has 0 radical (unpaired) electrons. The summed E-state index contributed by atoms with van der Waals surface area (Å²) in [5, 5.41) is 39.2. The first-order chi connectivity index (χ1) is 18.3. The van der Waals surface area contributed by atoms with Crippen molar-refractivity contribution >= 4 is 44.9 Å². The van der Waals surface area contributed by atoms with Gasteiger partial charge in [0.1, 0.15) is 28.2 Å². The van der Waals surface area contributed by atoms with E-state index in [1.165, 1.54) is 11.3 Å². The maximum atomic E-state index is 11.3. The van der Waals surface area contributed by atoms with Crippen LogP contribution in [0.15, 0.2) is 36.7 Å². The number of benzene rings is 1. The highest BCUT2D eigenvalue weighted by Crippen LogP contribution is 2.40. The summed E-state index contributed by atoms with van der Waals surface area (Å²) in [7, 11) is 1.58. The second-order valence-electron chi connectivity index (χ2n) is 9.34. The smallest absolute Gasteiger partial charge is 0.224 e. The monoisotopic (exact) mass is 556 g/mol. The molecule has 3 aromatic heterocycles. The number of anilines is 2. The molecule has 0 spiro atoms. The summed E-state index contributed by atoms with van der Waals surface area (Å²) in [6, 6.07) is 7.53. The number of thiazole rings is 1. The maximum absolute atomic E-state index is 11.3. The number of aliphatic hydroxyl groups excluding tert-OH is 2. The minimum absolute atomic E-state index is 0.214. The molecular formula is C26H29ClN6O4S. The van der Waals surface area contributed by atoms with Crippen molar-refractivity contribution < 1.29 is 20.1 Å². The van der Waals surface area contributed by atoms with Gasteiger partial charge >= 0.3 is 0 Å². The van der Waals surface area contributed by atoms with E-state index in [0.29, 0.717) is 58.2 Å². The molecule has 200 valence electrons. The van der Waals surface area contributed by atoms with Crippen LogP contribution in [0, 0.1) is 12.8 Å². The van der Waals surface area contributed by atoms with Gasteiger partial charge in [0.2, 0.25) is 5.95 Å². The third-order valence-electron chi connectivity index (χ3n) is 6.81. The summed E-state index contributed by atoms with van der Waals surface area (Å²) in [6.07, 6.45) is 3.65. The first kappa shape index (κ1) is 26.5. The molecule has 1 aliphatic rings. The Balaban J connectivity index is 1.45. The van der Waals surface area contributed by atoms with Crippen LogP contribution in [0.5, 0.6) is 5.75 Å². The largest absolute Gasteiger partial charge is 0.495 e. The van der Waals surface area contributed by atoms with Crippen LogP contribution in [0.25, 0.3) is 20.8 Å². The van der Waals surface area contributed by atoms with E-state index in [1.807, 2.05) is 31.2 Å². The Bertz CT molecular complexity index is 1420. The number of nitrogens with one attached hydrogen (secondary N) is 2. The van der Waals surface area contributed by atoms with Crippen LogP contribution in [0.4, 0.5) is 11.8 Å². The van der Waals surface area contributed by atoms with Crippen LogP contribution >= 0.6 is 22.9 Å². The second-order valence-corrected chi connectivity index (χ2v) is 10.8. The molecule has 12 heteroatoms. The van der Waals surface area contributed by atoms with Crippen LogP contribution in [-0.2, 0) is 6.42 Å². The number of pyridine rings is 1. The Morgan fingerprint density at radius 3 is 2.79 bits per heavy atom. The molecule has 1 aliphatic carbocycles. The summed E-state index contributed by atoms with van der Waals surface area (Å²) in [6.45, 7) is 2.17. The Kier molecular flexibility index (Phi) is 7.64. The van der Waals surface area contributed by atoms with Gasteiger partial charge in [-0.25, -0.2) is 9.97 Å². The van der Waals surface area contributed by atoms with Gasteiger partial charge in [0.15, 0.2) is 5.72 Å². The first-order valence-corrected chi connectivity index (χ1v) is 13.5. The average Bonchev–Trinajstić information content (AvgIpc) is 3.44. The molecular weight excluding hydrogens is 528 g/mol. The minimum atomic E-state index is -1.65. The molecule has 5 rings (SSSR count). The lowest BCUT2D eigenvalue weighted by molar-refractivity contribution is -0.0545. The van der Waals surface area contributed by atoms with Crippen molar-refractivity contribution in [1.29, 1.82) is 0 Å². The Hall–Kier alpha value is -3.09. The molecule has 0 aliphatic heterocycles. The standard InChI is InChI=1S/C26H29ClN6O4S/c1-14-21(24-31-18-12-28-9-7-20(18)38-24)23(33-26(36)8-5-16(13-34)22(26)35)32-25(30-14)29-10-6-15-3-4-19(37-2)17(27)11-15/h3-4,7,9,11-12,16,22,34-36H,5-6,8,10,13H2,1-2H3,(H2,29,30,32,33). The summed E-state index contributed by atoms with van der Waals surface area (Å²) in [5.74, 6) is 0.904. The van der Waals surface area contributed by atoms with E-state index in [2.05, 4.69) is 25.6 Å². The van der Waals surface area contributed by atoms with Crippen LogP contribution < -0.4 is 15.4 Å². The molecule has 0 bridgehead atoms. The predicted molar refractivity (Wildman–Crippen MR) is 148 cm³/mol. The molecule has 38 heavy (non-hydrogen) atoms. The van der Waals surface area contributed by atoms with Gasteiger partial charge in [-0.15, -0.1) is 11.3 Å². The molecule has 5 N–H and O–H groups in total. The van der Waals surface area contributed by atoms with Crippen molar-refractivity contribution in [1.82, 2.24) is 19.9 Å². The highest BCUT2D eigenvalue weighted by molar-refractivity contribution is 7.21. The van der Waals surface area contributed by atoms with E-state index in [9.17, 15) is 15.3 Å². The maximum Gasteiger partial charge on any atom is 0.224 e. The number of hydrogen-bond acceptors (Lipinski definition) is 11. The van der Waals surface area contributed by atoms with E-state index in [0.717, 1.165) is 15.8 Å². The van der Waals surface area contributed by atoms with Gasteiger partial charge in [0, 0.05) is 25.3 Å². The third-order valence-corrected chi connectivity index (χ3v) is 8.16. The fourth-order valence-electron chi connectivity index (χ4n) is 4.70. The van der Waals surface area contributed by atoms with Crippen molar-refractivity contribution in [3.05, 3.63) is 52.9 Å². The lowest BCUT2D eigenvalue weighted by atomic mass is 10.0. The number of methoxy groups -OCH3 is 1. The zero-order chi connectivity index (χ0) is 26.9. The Labute approximate surface area is 228 Å². The van der Waals surface area contributed by atoms with E-state index in [4.69, 9.17) is 21.3 Å². The van der Waals surface area contributed by atoms with E-state index in [1.54, 1.807) is 19.5 Å². The SMILES string of the molecule is COc1ccc(CCNc2nc(C)c(-c3nc4cnccc4s3)c(NC3(O)CCC(CO)C3O)n2)cc1Cl. The highest BCUT2D eigenvalue weighted by atomic mass is 35.5. The minimum Gasteiger partial charge on any atom is -0.495 e. The number of ether oxygens (including phenoxy) is 1. The van der Waals surface area contributed by atoms with Gasteiger partial charge in [-0.2, -0.15) is 4.98 Å². The Morgan fingerprint density at radius 1 is 1.24 bits per heavy atom. The van der Waals surface area contributed by atoms with Crippen LogP contribution in [0.2, 0.25) is 5.02 Å². The normalized spacial score (nSPS) is 21.1. The average molecular weight is 557 g/mol. The van der Waals surface area contributed by atoms with Crippen LogP contribution in [0.1, 0.15) is 24.1 Å². The van der Waals surface area contributed by atoms with Gasteiger partial charge in [-0.05, 0) is 49.9 Å². The van der Waals surface area contributed by atoms with Gasteiger partial charge in [-0.1, -0.05) is 17.7 Å². The fraction of sp³-hybridized carbons (Fsp3) is 0.385. The number of halogens is 1. The second kappa shape index (κ2) is 11.0. The van der Waals surface area contributed by atoms with Crippen LogP contribution in [0.3, 0.4) is 0 Å². The number of hydrogen-bond donors (Lipinski definition) is 5. The molecule has 4 aromatic rings. The summed E-state index contributed by atoms with van der Waals surface area (Å²) < 4.78 is 6.18. The highest BCUT2D eigenvalue weighted by Gasteiger charge is 2.47. The van der Waals surface area contributed by atoms with E-state index in [-0.39, 0.29) is 13.0 Å². The topological polar surface area (TPSA) is 146 Å². The summed E-state index contributed by atoms with van der Waals surface area (Å²) >= 11 is 7.72. The van der Waals surface area contributed by atoms with Crippen molar-refractivity contribution in [3.8, 4) is 16.3 Å². The van der Waals surface area contributed by atoms with Gasteiger partial charge < -0.3 is 30.7 Å². The number of fused-ring (bicyclic) bond motifs is 1. The molecule has 3 unspecified atom stereocenters.